The van der Waals surface area contributed by atoms with E-state index in [1.807, 2.05) is 0 Å². The van der Waals surface area contributed by atoms with Crippen LogP contribution in [-0.2, 0) is 9.84 Å². The Labute approximate surface area is 181 Å². The topological polar surface area (TPSA) is 89.2 Å². The summed E-state index contributed by atoms with van der Waals surface area (Å²) < 4.78 is 41.0. The van der Waals surface area contributed by atoms with Crippen LogP contribution in [0.5, 0.6) is 0 Å². The van der Waals surface area contributed by atoms with Crippen molar-refractivity contribution in [3.8, 4) is 0 Å². The van der Waals surface area contributed by atoms with Gasteiger partial charge < -0.3 is 5.32 Å². The predicted molar refractivity (Wildman–Crippen MR) is 115 cm³/mol. The lowest BCUT2D eigenvalue weighted by Crippen LogP contribution is -2.05. The number of sulfone groups is 1. The third-order valence-electron chi connectivity index (χ3n) is 4.69. The van der Waals surface area contributed by atoms with E-state index < -0.39 is 9.84 Å². The van der Waals surface area contributed by atoms with Crippen LogP contribution >= 0.6 is 11.6 Å². The number of halogens is 2. The van der Waals surface area contributed by atoms with E-state index in [0.717, 1.165) is 0 Å². The zero-order valence-electron chi connectivity index (χ0n) is 15.7. The van der Waals surface area contributed by atoms with Gasteiger partial charge in [-0.2, -0.15) is 4.52 Å². The zero-order chi connectivity index (χ0) is 21.6. The van der Waals surface area contributed by atoms with E-state index in [-0.39, 0.29) is 21.4 Å². The molecule has 0 saturated heterocycles. The van der Waals surface area contributed by atoms with Gasteiger partial charge in [-0.25, -0.2) is 17.8 Å². The zero-order valence-corrected chi connectivity index (χ0v) is 17.3. The minimum Gasteiger partial charge on any atom is -0.340 e. The van der Waals surface area contributed by atoms with Crippen LogP contribution in [0.2, 0.25) is 5.02 Å². The highest BCUT2D eigenvalue weighted by Crippen LogP contribution is 2.31. The Bertz CT molecular complexity index is 1540. The molecule has 0 aliphatic carbocycles. The molecule has 0 spiro atoms. The van der Waals surface area contributed by atoms with Crippen LogP contribution in [0.3, 0.4) is 0 Å². The van der Waals surface area contributed by atoms with E-state index in [1.165, 1.54) is 28.8 Å². The third kappa shape index (κ3) is 3.37. The second kappa shape index (κ2) is 7.29. The van der Waals surface area contributed by atoms with Crippen molar-refractivity contribution in [2.45, 2.75) is 9.92 Å². The predicted octanol–water partition coefficient (Wildman–Crippen LogP) is 4.65. The Balaban J connectivity index is 1.76. The second-order valence-electron chi connectivity index (χ2n) is 6.70. The molecule has 10 heteroatoms. The SMILES string of the molecule is O=S(=O)(c1ccccc1)c1nnn2c1nc(Nc1ccc(F)cc1)c1cc(Cl)ccc12. The minimum atomic E-state index is -3.95. The molecule has 5 aromatic rings. The Hall–Kier alpha value is -3.56. The lowest BCUT2D eigenvalue weighted by molar-refractivity contribution is 0.592. The van der Waals surface area contributed by atoms with Crippen molar-refractivity contribution >= 4 is 49.5 Å². The highest BCUT2D eigenvalue weighted by Gasteiger charge is 2.27. The summed E-state index contributed by atoms with van der Waals surface area (Å²) in [6.07, 6.45) is 0. The quantitative estimate of drug-likeness (QED) is 0.426. The van der Waals surface area contributed by atoms with Gasteiger partial charge in [-0.05, 0) is 54.6 Å². The van der Waals surface area contributed by atoms with Crippen LogP contribution in [0.4, 0.5) is 15.9 Å². The molecule has 2 heterocycles. The number of anilines is 2. The van der Waals surface area contributed by atoms with Gasteiger partial charge in [0.2, 0.25) is 14.9 Å². The van der Waals surface area contributed by atoms with Crippen molar-refractivity contribution in [3.63, 3.8) is 0 Å². The molecular weight excluding hydrogens is 441 g/mol. The van der Waals surface area contributed by atoms with Gasteiger partial charge in [0.05, 0.1) is 10.4 Å². The number of rotatable bonds is 4. The number of hydrogen-bond acceptors (Lipinski definition) is 6. The minimum absolute atomic E-state index is 0.0586. The number of nitrogens with zero attached hydrogens (tertiary/aromatic N) is 4. The molecule has 0 unspecified atom stereocenters. The lowest BCUT2D eigenvalue weighted by atomic mass is 10.2. The van der Waals surface area contributed by atoms with Gasteiger partial charge in [0.15, 0.2) is 5.65 Å². The van der Waals surface area contributed by atoms with Gasteiger partial charge >= 0.3 is 0 Å². The maximum Gasteiger partial charge on any atom is 0.229 e. The first-order valence-electron chi connectivity index (χ1n) is 9.11. The average molecular weight is 454 g/mol. The summed E-state index contributed by atoms with van der Waals surface area (Å²) in [5.74, 6) is -0.0403. The van der Waals surface area contributed by atoms with E-state index in [9.17, 15) is 12.8 Å². The molecule has 31 heavy (non-hydrogen) atoms. The molecule has 0 radical (unpaired) electrons. The Morgan fingerprint density at radius 2 is 1.71 bits per heavy atom. The number of nitrogens with one attached hydrogen (secondary N) is 1. The number of hydrogen-bond donors (Lipinski definition) is 1. The molecule has 3 aromatic carbocycles. The summed E-state index contributed by atoms with van der Waals surface area (Å²) >= 11 is 6.18. The molecule has 0 atom stereocenters. The molecule has 0 amide bonds. The van der Waals surface area contributed by atoms with Crippen LogP contribution < -0.4 is 5.32 Å². The average Bonchev–Trinajstić information content (AvgIpc) is 3.21. The second-order valence-corrected chi connectivity index (χ2v) is 9.00. The van der Waals surface area contributed by atoms with Gasteiger partial charge in [-0.1, -0.05) is 35.0 Å². The molecule has 7 nitrogen and oxygen atoms in total. The maximum absolute atomic E-state index is 13.3. The molecule has 1 N–H and O–H groups in total. The van der Waals surface area contributed by atoms with Crippen LogP contribution in [0.15, 0.2) is 82.7 Å². The summed E-state index contributed by atoms with van der Waals surface area (Å²) in [6, 6.07) is 18.7. The number of benzene rings is 3. The highest BCUT2D eigenvalue weighted by atomic mass is 35.5. The fraction of sp³-hybridized carbons (Fsp3) is 0. The van der Waals surface area contributed by atoms with E-state index in [1.54, 1.807) is 48.5 Å². The first kappa shape index (κ1) is 19.4. The van der Waals surface area contributed by atoms with Crippen molar-refractivity contribution in [2.24, 2.45) is 0 Å². The first-order valence-corrected chi connectivity index (χ1v) is 11.0. The number of fused-ring (bicyclic) bond motifs is 3. The molecular formula is C21H13ClFN5O2S. The fourth-order valence-electron chi connectivity index (χ4n) is 3.22. The fourth-order valence-corrected chi connectivity index (χ4v) is 4.65. The monoisotopic (exact) mass is 453 g/mol. The largest absolute Gasteiger partial charge is 0.340 e. The smallest absolute Gasteiger partial charge is 0.229 e. The molecule has 0 bridgehead atoms. The van der Waals surface area contributed by atoms with Crippen molar-refractivity contribution in [1.29, 1.82) is 0 Å². The Morgan fingerprint density at radius 1 is 0.968 bits per heavy atom. The van der Waals surface area contributed by atoms with Crippen molar-refractivity contribution in [3.05, 3.63) is 83.6 Å². The summed E-state index contributed by atoms with van der Waals surface area (Å²) in [7, 11) is -3.95. The summed E-state index contributed by atoms with van der Waals surface area (Å²) in [5, 5.41) is 11.9. The summed E-state index contributed by atoms with van der Waals surface area (Å²) in [6.45, 7) is 0. The van der Waals surface area contributed by atoms with E-state index in [4.69, 9.17) is 11.6 Å². The molecule has 154 valence electrons. The van der Waals surface area contributed by atoms with Gasteiger partial charge in [-0.3, -0.25) is 0 Å². The lowest BCUT2D eigenvalue weighted by Gasteiger charge is -2.11. The van der Waals surface area contributed by atoms with Gasteiger partial charge in [0.25, 0.3) is 0 Å². The molecule has 0 saturated carbocycles. The molecule has 2 aromatic heterocycles. The highest BCUT2D eigenvalue weighted by molar-refractivity contribution is 7.91. The van der Waals surface area contributed by atoms with E-state index in [2.05, 4.69) is 20.6 Å². The first-order chi connectivity index (χ1) is 14.9. The van der Waals surface area contributed by atoms with E-state index in [0.29, 0.717) is 27.4 Å². The number of aromatic nitrogens is 4. The summed E-state index contributed by atoms with van der Waals surface area (Å²) in [4.78, 5) is 4.60. The molecule has 0 aliphatic heterocycles. The molecule has 5 rings (SSSR count). The molecule has 0 fully saturated rings. The molecule has 0 aliphatic rings. The van der Waals surface area contributed by atoms with Gasteiger partial charge in [0.1, 0.15) is 11.6 Å². The van der Waals surface area contributed by atoms with Crippen LogP contribution in [0.1, 0.15) is 0 Å². The third-order valence-corrected chi connectivity index (χ3v) is 6.59. The summed E-state index contributed by atoms with van der Waals surface area (Å²) in [5.41, 5.74) is 1.18. The van der Waals surface area contributed by atoms with Crippen LogP contribution in [-0.4, -0.2) is 28.2 Å². The van der Waals surface area contributed by atoms with Crippen molar-refractivity contribution in [1.82, 2.24) is 19.8 Å². The normalized spacial score (nSPS) is 11.8. The van der Waals surface area contributed by atoms with Crippen LogP contribution in [0.25, 0.3) is 16.6 Å². The van der Waals surface area contributed by atoms with Gasteiger partial charge in [-0.15, -0.1) is 5.10 Å². The van der Waals surface area contributed by atoms with Crippen molar-refractivity contribution in [2.75, 3.05) is 5.32 Å². The standard InChI is InChI=1S/C21H13ClFN5O2S/c22-13-6-11-18-17(12-13)19(24-15-9-7-14(23)8-10-15)25-20-21(26-27-28(18)20)31(29,30)16-4-2-1-3-5-16/h1-12H,(H,24,25). The maximum atomic E-state index is 13.3. The van der Waals surface area contributed by atoms with E-state index >= 15 is 0 Å². The van der Waals surface area contributed by atoms with Gasteiger partial charge in [0, 0.05) is 16.1 Å². The Kier molecular flexibility index (Phi) is 4.57. The Morgan fingerprint density at radius 3 is 2.45 bits per heavy atom. The van der Waals surface area contributed by atoms with Crippen LogP contribution in [0, 0.1) is 5.82 Å². The van der Waals surface area contributed by atoms with Crippen molar-refractivity contribution < 1.29 is 12.8 Å².